The van der Waals surface area contributed by atoms with Gasteiger partial charge in [-0.2, -0.15) is 0 Å². The first-order valence-corrected chi connectivity index (χ1v) is 7.12. The zero-order valence-electron chi connectivity index (χ0n) is 13.5. The summed E-state index contributed by atoms with van der Waals surface area (Å²) in [6, 6.07) is -1.39. The third kappa shape index (κ3) is 11.2. The van der Waals surface area contributed by atoms with Crippen LogP contribution in [0.15, 0.2) is 0 Å². The van der Waals surface area contributed by atoms with Crippen molar-refractivity contribution < 1.29 is 39.0 Å². The van der Waals surface area contributed by atoms with Crippen molar-refractivity contribution in [1.82, 2.24) is 26.6 Å². The van der Waals surface area contributed by atoms with E-state index in [4.69, 9.17) is 15.9 Å². The molecule has 1 atom stereocenters. The van der Waals surface area contributed by atoms with Crippen LogP contribution in [0.4, 0.5) is 4.79 Å². The fourth-order valence-electron chi connectivity index (χ4n) is 1.38. The first-order chi connectivity index (χ1) is 12.1. The van der Waals surface area contributed by atoms with Crippen LogP contribution in [-0.4, -0.2) is 84.7 Å². The first kappa shape index (κ1) is 22.6. The molecule has 0 rings (SSSR count). The molecule has 0 saturated carbocycles. The fraction of sp³-hybridized carbons (Fsp3) is 0.500. The molecule has 0 aliphatic heterocycles. The lowest BCUT2D eigenvalue weighted by Gasteiger charge is -2.16. The highest BCUT2D eigenvalue weighted by Gasteiger charge is 2.20. The summed E-state index contributed by atoms with van der Waals surface area (Å²) in [7, 11) is 0. The van der Waals surface area contributed by atoms with Crippen molar-refractivity contribution >= 4 is 35.6 Å². The lowest BCUT2D eigenvalue weighted by atomic mass is 10.3. The SMILES string of the molecule is NC(=O)CNC(=O)CNC(=O)[C@H](CO)NC(=O)CNC(=O)CNC(=O)O. The summed E-state index contributed by atoms with van der Waals surface area (Å²) in [6.07, 6.45) is -1.42. The summed E-state index contributed by atoms with van der Waals surface area (Å²) in [6.45, 7) is -2.84. The Morgan fingerprint density at radius 2 is 1.27 bits per heavy atom. The van der Waals surface area contributed by atoms with Crippen LogP contribution in [0.25, 0.3) is 0 Å². The number of nitrogens with two attached hydrogens (primary N) is 1. The van der Waals surface area contributed by atoms with Crippen molar-refractivity contribution in [2.75, 3.05) is 32.8 Å². The lowest BCUT2D eigenvalue weighted by molar-refractivity contribution is -0.131. The maximum atomic E-state index is 11.7. The number of carboxylic acid groups (broad SMARTS) is 1. The van der Waals surface area contributed by atoms with Crippen LogP contribution in [0.3, 0.4) is 0 Å². The molecule has 14 heteroatoms. The summed E-state index contributed by atoms with van der Waals surface area (Å²) in [5, 5.41) is 27.6. The number of carbonyl (C=O) groups excluding carboxylic acids is 5. The number of amides is 6. The second-order valence-electron chi connectivity index (χ2n) is 4.70. The van der Waals surface area contributed by atoms with Gasteiger partial charge >= 0.3 is 6.09 Å². The van der Waals surface area contributed by atoms with Gasteiger partial charge in [-0.15, -0.1) is 0 Å². The molecule has 0 bridgehead atoms. The maximum Gasteiger partial charge on any atom is 0.405 e. The van der Waals surface area contributed by atoms with Gasteiger partial charge in [-0.05, 0) is 0 Å². The molecule has 0 fully saturated rings. The Morgan fingerprint density at radius 3 is 1.77 bits per heavy atom. The highest BCUT2D eigenvalue weighted by Crippen LogP contribution is 1.84. The van der Waals surface area contributed by atoms with Crippen LogP contribution in [-0.2, 0) is 24.0 Å². The topological polar surface area (TPSA) is 229 Å². The van der Waals surface area contributed by atoms with Gasteiger partial charge in [-0.3, -0.25) is 24.0 Å². The van der Waals surface area contributed by atoms with Gasteiger partial charge < -0.3 is 42.5 Å². The number of aliphatic hydroxyl groups is 1. The van der Waals surface area contributed by atoms with E-state index in [9.17, 15) is 28.8 Å². The number of hydrogen-bond acceptors (Lipinski definition) is 7. The summed E-state index contributed by atoms with van der Waals surface area (Å²) in [4.78, 5) is 66.5. The average molecular weight is 376 g/mol. The molecule has 26 heavy (non-hydrogen) atoms. The molecule has 0 aliphatic rings. The smallest absolute Gasteiger partial charge is 0.405 e. The molecule has 0 heterocycles. The predicted molar refractivity (Wildman–Crippen MR) is 83.3 cm³/mol. The van der Waals surface area contributed by atoms with Gasteiger partial charge in [0.2, 0.25) is 29.5 Å². The van der Waals surface area contributed by atoms with E-state index in [-0.39, 0.29) is 0 Å². The number of nitrogens with one attached hydrogen (secondary N) is 5. The molecular formula is C12H20N6O8. The summed E-state index contributed by atoms with van der Waals surface area (Å²) >= 11 is 0. The molecule has 14 nitrogen and oxygen atoms in total. The van der Waals surface area contributed by atoms with Crippen molar-refractivity contribution in [2.24, 2.45) is 5.73 Å². The number of primary amides is 1. The largest absolute Gasteiger partial charge is 0.465 e. The Balaban J connectivity index is 4.21. The van der Waals surface area contributed by atoms with E-state index >= 15 is 0 Å². The number of hydrogen-bond donors (Lipinski definition) is 8. The van der Waals surface area contributed by atoms with Crippen LogP contribution in [0.2, 0.25) is 0 Å². The van der Waals surface area contributed by atoms with Gasteiger partial charge in [0, 0.05) is 0 Å². The summed E-state index contributed by atoms with van der Waals surface area (Å²) in [5.74, 6) is -3.97. The molecule has 146 valence electrons. The Hall–Kier alpha value is -3.42. The van der Waals surface area contributed by atoms with Gasteiger partial charge in [0.1, 0.15) is 6.04 Å². The van der Waals surface area contributed by atoms with Crippen molar-refractivity contribution in [1.29, 1.82) is 0 Å². The van der Waals surface area contributed by atoms with Gasteiger partial charge in [-0.25, -0.2) is 4.79 Å². The third-order valence-electron chi connectivity index (χ3n) is 2.56. The maximum absolute atomic E-state index is 11.7. The summed E-state index contributed by atoms with van der Waals surface area (Å²) < 4.78 is 0. The lowest BCUT2D eigenvalue weighted by Crippen LogP contribution is -2.53. The molecular weight excluding hydrogens is 356 g/mol. The highest BCUT2D eigenvalue weighted by atomic mass is 16.4. The minimum atomic E-state index is -1.42. The van der Waals surface area contributed by atoms with Crippen LogP contribution in [0.5, 0.6) is 0 Å². The molecule has 9 N–H and O–H groups in total. The molecule has 0 aromatic heterocycles. The zero-order chi connectivity index (χ0) is 20.1. The van der Waals surface area contributed by atoms with Crippen molar-refractivity contribution in [2.45, 2.75) is 6.04 Å². The predicted octanol–water partition coefficient (Wildman–Crippen LogP) is -5.43. The van der Waals surface area contributed by atoms with Crippen LogP contribution in [0, 0.1) is 0 Å². The highest BCUT2D eigenvalue weighted by molar-refractivity contribution is 5.93. The molecule has 0 spiro atoms. The zero-order valence-corrected chi connectivity index (χ0v) is 13.5. The van der Waals surface area contributed by atoms with Crippen molar-refractivity contribution in [3.63, 3.8) is 0 Å². The fourth-order valence-corrected chi connectivity index (χ4v) is 1.38. The van der Waals surface area contributed by atoms with Crippen LogP contribution >= 0.6 is 0 Å². The number of carbonyl (C=O) groups is 6. The molecule has 0 aromatic rings. The minimum absolute atomic E-state index is 0.411. The Bertz CT molecular complexity index is 566. The molecule has 0 radical (unpaired) electrons. The Kier molecular flexibility index (Phi) is 10.4. The third-order valence-corrected chi connectivity index (χ3v) is 2.56. The van der Waals surface area contributed by atoms with Gasteiger partial charge in [0.05, 0.1) is 32.8 Å². The average Bonchev–Trinajstić information content (AvgIpc) is 2.58. The van der Waals surface area contributed by atoms with E-state index in [1.807, 2.05) is 0 Å². The first-order valence-electron chi connectivity index (χ1n) is 7.12. The van der Waals surface area contributed by atoms with Gasteiger partial charge in [-0.1, -0.05) is 0 Å². The van der Waals surface area contributed by atoms with Crippen LogP contribution < -0.4 is 32.3 Å². The van der Waals surface area contributed by atoms with Crippen molar-refractivity contribution in [3.05, 3.63) is 0 Å². The number of aliphatic hydroxyl groups excluding tert-OH is 1. The molecule has 0 aromatic carbocycles. The quantitative estimate of drug-likeness (QED) is 0.173. The Labute approximate surface area is 146 Å². The summed E-state index contributed by atoms with van der Waals surface area (Å²) in [5.41, 5.74) is 4.82. The van der Waals surface area contributed by atoms with E-state index in [0.29, 0.717) is 0 Å². The van der Waals surface area contributed by atoms with Crippen LogP contribution in [0.1, 0.15) is 0 Å². The minimum Gasteiger partial charge on any atom is -0.465 e. The standard InChI is InChI=1S/C12H20N6O8/c13-7(20)1-14-8(21)2-16-11(24)6(5-19)18-10(23)4-15-9(22)3-17-12(25)26/h6,17,19H,1-5H2,(H2,13,20)(H,14,21)(H,15,22)(H,16,24)(H,18,23)(H,25,26)/t6-/m0/s1. The second-order valence-corrected chi connectivity index (χ2v) is 4.70. The molecule has 6 amide bonds. The van der Waals surface area contributed by atoms with E-state index in [2.05, 4.69) is 21.3 Å². The van der Waals surface area contributed by atoms with E-state index in [0.717, 1.165) is 0 Å². The van der Waals surface area contributed by atoms with Crippen molar-refractivity contribution in [3.8, 4) is 0 Å². The normalized spacial score (nSPS) is 10.8. The van der Waals surface area contributed by atoms with Gasteiger partial charge in [0.15, 0.2) is 0 Å². The molecule has 0 aliphatic carbocycles. The molecule has 0 unspecified atom stereocenters. The molecule has 0 saturated heterocycles. The Morgan fingerprint density at radius 1 is 0.769 bits per heavy atom. The van der Waals surface area contributed by atoms with Gasteiger partial charge in [0.25, 0.3) is 0 Å². The second kappa shape index (κ2) is 12.0. The monoisotopic (exact) mass is 376 g/mol. The van der Waals surface area contributed by atoms with E-state index in [1.54, 1.807) is 5.32 Å². The van der Waals surface area contributed by atoms with E-state index in [1.165, 1.54) is 0 Å². The van der Waals surface area contributed by atoms with E-state index < -0.39 is 74.5 Å². The number of rotatable bonds is 11.